The Morgan fingerprint density at radius 2 is 1.79 bits per heavy atom. The maximum Gasteiger partial charge on any atom is 0.237 e. The van der Waals surface area contributed by atoms with Crippen molar-refractivity contribution in [1.29, 1.82) is 0 Å². The fourth-order valence-electron chi connectivity index (χ4n) is 4.62. The molecule has 1 aliphatic carbocycles. The first-order chi connectivity index (χ1) is 14.2. The van der Waals surface area contributed by atoms with Gasteiger partial charge in [0.2, 0.25) is 11.8 Å². The van der Waals surface area contributed by atoms with Crippen LogP contribution in [0.2, 0.25) is 0 Å². The second kappa shape index (κ2) is 11.3. The second-order valence-corrected chi connectivity index (χ2v) is 8.21. The fourth-order valence-corrected chi connectivity index (χ4v) is 4.62. The average Bonchev–Trinajstić information content (AvgIpc) is 3.27. The molecular formula is C23H35N3O3. The van der Waals surface area contributed by atoms with Crippen LogP contribution in [0, 0.1) is 5.92 Å². The SMILES string of the molecule is COCCCNC(=O)C(C1CCCC1)N1CCN(C(=O)Cc2ccccc2)CC1. The fraction of sp³-hybridized carbons (Fsp3) is 0.652. The monoisotopic (exact) mass is 401 g/mol. The van der Waals surface area contributed by atoms with Gasteiger partial charge in [-0.3, -0.25) is 14.5 Å². The Balaban J connectivity index is 1.53. The standard InChI is InChI=1S/C23H35N3O3/c1-29-17-7-12-24-23(28)22(20-10-5-6-11-20)26-15-13-25(14-16-26)21(27)18-19-8-3-2-4-9-19/h2-4,8-9,20,22H,5-7,10-18H2,1H3,(H,24,28). The van der Waals surface area contributed by atoms with Crippen LogP contribution in [0.3, 0.4) is 0 Å². The molecule has 1 unspecified atom stereocenters. The Morgan fingerprint density at radius 3 is 2.45 bits per heavy atom. The third kappa shape index (κ3) is 6.28. The molecule has 1 aromatic rings. The van der Waals surface area contributed by atoms with Crippen LogP contribution < -0.4 is 5.32 Å². The van der Waals surface area contributed by atoms with Crippen molar-refractivity contribution in [2.75, 3.05) is 46.4 Å². The van der Waals surface area contributed by atoms with Gasteiger partial charge < -0.3 is 15.0 Å². The largest absolute Gasteiger partial charge is 0.385 e. The van der Waals surface area contributed by atoms with Crippen LogP contribution in [-0.2, 0) is 20.7 Å². The highest BCUT2D eigenvalue weighted by molar-refractivity contribution is 5.82. The number of carbonyl (C=O) groups excluding carboxylic acids is 2. The summed E-state index contributed by atoms with van der Waals surface area (Å²) in [6.07, 6.45) is 5.97. The highest BCUT2D eigenvalue weighted by Gasteiger charge is 2.37. The van der Waals surface area contributed by atoms with Gasteiger partial charge >= 0.3 is 0 Å². The molecule has 1 atom stereocenters. The summed E-state index contributed by atoms with van der Waals surface area (Å²) in [4.78, 5) is 29.9. The molecule has 0 radical (unpaired) electrons. The van der Waals surface area contributed by atoms with E-state index in [-0.39, 0.29) is 17.9 Å². The summed E-state index contributed by atoms with van der Waals surface area (Å²) in [5.74, 6) is 0.762. The van der Waals surface area contributed by atoms with E-state index in [9.17, 15) is 9.59 Å². The summed E-state index contributed by atoms with van der Waals surface area (Å²) in [5, 5.41) is 3.12. The van der Waals surface area contributed by atoms with Gasteiger partial charge in [-0.1, -0.05) is 43.2 Å². The molecule has 0 spiro atoms. The first-order valence-corrected chi connectivity index (χ1v) is 11.0. The molecule has 1 saturated carbocycles. The third-order valence-corrected chi connectivity index (χ3v) is 6.20. The lowest BCUT2D eigenvalue weighted by atomic mass is 9.95. The molecule has 160 valence electrons. The zero-order valence-corrected chi connectivity index (χ0v) is 17.6. The van der Waals surface area contributed by atoms with Crippen LogP contribution >= 0.6 is 0 Å². The minimum atomic E-state index is -0.0635. The topological polar surface area (TPSA) is 61.9 Å². The van der Waals surface area contributed by atoms with Crippen molar-refractivity contribution in [3.05, 3.63) is 35.9 Å². The van der Waals surface area contributed by atoms with Crippen LogP contribution in [0.15, 0.2) is 30.3 Å². The molecule has 0 aromatic heterocycles. The van der Waals surface area contributed by atoms with Crippen LogP contribution in [0.5, 0.6) is 0 Å². The van der Waals surface area contributed by atoms with Gasteiger partial charge in [-0.2, -0.15) is 0 Å². The van der Waals surface area contributed by atoms with Gasteiger partial charge in [0.05, 0.1) is 12.5 Å². The molecule has 29 heavy (non-hydrogen) atoms. The molecule has 1 aromatic carbocycles. The van der Waals surface area contributed by atoms with E-state index in [2.05, 4.69) is 10.2 Å². The summed E-state index contributed by atoms with van der Waals surface area (Å²) in [6, 6.07) is 9.84. The van der Waals surface area contributed by atoms with E-state index in [1.807, 2.05) is 35.2 Å². The first-order valence-electron chi connectivity index (χ1n) is 11.0. The number of benzene rings is 1. The number of hydrogen-bond donors (Lipinski definition) is 1. The van der Waals surface area contributed by atoms with Gasteiger partial charge in [0, 0.05) is 46.4 Å². The Labute approximate surface area is 174 Å². The normalized spacial score (nSPS) is 19.3. The molecule has 6 nitrogen and oxygen atoms in total. The molecule has 1 heterocycles. The molecule has 2 amide bonds. The molecular weight excluding hydrogens is 366 g/mol. The summed E-state index contributed by atoms with van der Waals surface area (Å²) in [6.45, 7) is 4.26. The zero-order valence-electron chi connectivity index (χ0n) is 17.6. The van der Waals surface area contributed by atoms with E-state index in [0.717, 1.165) is 37.9 Å². The Morgan fingerprint density at radius 1 is 1.10 bits per heavy atom. The number of nitrogens with zero attached hydrogens (tertiary/aromatic N) is 2. The quantitative estimate of drug-likeness (QED) is 0.644. The lowest BCUT2D eigenvalue weighted by molar-refractivity contribution is -0.134. The van der Waals surface area contributed by atoms with Gasteiger partial charge in [0.1, 0.15) is 0 Å². The predicted octanol–water partition coefficient (Wildman–Crippen LogP) is 2.08. The van der Waals surface area contributed by atoms with E-state index >= 15 is 0 Å². The van der Waals surface area contributed by atoms with Gasteiger partial charge in [0.15, 0.2) is 0 Å². The summed E-state index contributed by atoms with van der Waals surface area (Å²) in [7, 11) is 1.68. The van der Waals surface area contributed by atoms with E-state index in [4.69, 9.17) is 4.74 Å². The number of piperazine rings is 1. The molecule has 1 aliphatic heterocycles. The molecule has 1 N–H and O–H groups in total. The number of rotatable bonds is 9. The molecule has 3 rings (SSSR count). The molecule has 1 saturated heterocycles. The summed E-state index contributed by atoms with van der Waals surface area (Å²) < 4.78 is 5.08. The molecule has 2 fully saturated rings. The van der Waals surface area contributed by atoms with Crippen LogP contribution in [-0.4, -0.2) is 74.1 Å². The van der Waals surface area contributed by atoms with E-state index in [1.54, 1.807) is 7.11 Å². The minimum Gasteiger partial charge on any atom is -0.385 e. The van der Waals surface area contributed by atoms with Crippen molar-refractivity contribution < 1.29 is 14.3 Å². The Hall–Kier alpha value is -1.92. The minimum absolute atomic E-state index is 0.0635. The molecule has 2 aliphatic rings. The van der Waals surface area contributed by atoms with Crippen LogP contribution in [0.1, 0.15) is 37.7 Å². The number of methoxy groups -OCH3 is 1. The van der Waals surface area contributed by atoms with E-state index < -0.39 is 0 Å². The summed E-state index contributed by atoms with van der Waals surface area (Å²) >= 11 is 0. The molecule has 0 bridgehead atoms. The highest BCUT2D eigenvalue weighted by atomic mass is 16.5. The average molecular weight is 402 g/mol. The molecule has 6 heteroatoms. The number of hydrogen-bond acceptors (Lipinski definition) is 4. The van der Waals surface area contributed by atoms with Gasteiger partial charge in [-0.25, -0.2) is 0 Å². The summed E-state index contributed by atoms with van der Waals surface area (Å²) in [5.41, 5.74) is 1.05. The van der Waals surface area contributed by atoms with Crippen molar-refractivity contribution in [2.24, 2.45) is 5.92 Å². The smallest absolute Gasteiger partial charge is 0.237 e. The lowest BCUT2D eigenvalue weighted by Gasteiger charge is -2.40. The number of nitrogens with one attached hydrogen (secondary N) is 1. The van der Waals surface area contributed by atoms with Crippen molar-refractivity contribution >= 4 is 11.8 Å². The zero-order chi connectivity index (χ0) is 20.5. The van der Waals surface area contributed by atoms with Crippen molar-refractivity contribution in [2.45, 2.75) is 44.6 Å². The third-order valence-electron chi connectivity index (χ3n) is 6.20. The predicted molar refractivity (Wildman–Crippen MR) is 114 cm³/mol. The second-order valence-electron chi connectivity index (χ2n) is 8.21. The maximum atomic E-state index is 13.0. The first kappa shape index (κ1) is 21.8. The Kier molecular flexibility index (Phi) is 8.50. The lowest BCUT2D eigenvalue weighted by Crippen LogP contribution is -2.58. The van der Waals surface area contributed by atoms with E-state index in [0.29, 0.717) is 38.6 Å². The van der Waals surface area contributed by atoms with Crippen molar-refractivity contribution in [3.8, 4) is 0 Å². The van der Waals surface area contributed by atoms with Crippen LogP contribution in [0.4, 0.5) is 0 Å². The maximum absolute atomic E-state index is 13.0. The van der Waals surface area contributed by atoms with Gasteiger partial charge in [-0.05, 0) is 30.7 Å². The van der Waals surface area contributed by atoms with Crippen LogP contribution in [0.25, 0.3) is 0 Å². The number of amides is 2. The van der Waals surface area contributed by atoms with Gasteiger partial charge in [-0.15, -0.1) is 0 Å². The van der Waals surface area contributed by atoms with E-state index in [1.165, 1.54) is 12.8 Å². The van der Waals surface area contributed by atoms with Crippen molar-refractivity contribution in [3.63, 3.8) is 0 Å². The number of carbonyl (C=O) groups is 2. The number of ether oxygens (including phenoxy) is 1. The Bertz CT molecular complexity index is 638. The highest BCUT2D eigenvalue weighted by Crippen LogP contribution is 2.31. The van der Waals surface area contributed by atoms with Gasteiger partial charge in [0.25, 0.3) is 0 Å². The van der Waals surface area contributed by atoms with Crippen molar-refractivity contribution in [1.82, 2.24) is 15.1 Å².